The molecule has 1 aliphatic carbocycles. The van der Waals surface area contributed by atoms with Crippen molar-refractivity contribution >= 4 is 21.7 Å². The molecule has 0 aromatic rings. The Hall–Kier alpha value is -1.11. The van der Waals surface area contributed by atoms with Crippen molar-refractivity contribution in [2.45, 2.75) is 50.3 Å². The normalized spacial score (nSPS) is 18.8. The number of sulfone groups is 1. The van der Waals surface area contributed by atoms with Crippen LogP contribution >= 0.6 is 0 Å². The molecule has 0 aliphatic heterocycles. The van der Waals surface area contributed by atoms with Crippen LogP contribution in [0, 0.1) is 0 Å². The van der Waals surface area contributed by atoms with Crippen LogP contribution in [0.4, 0.5) is 0 Å². The molecule has 0 bridgehead atoms. The first kappa shape index (κ1) is 15.9. The first-order valence-electron chi connectivity index (χ1n) is 6.45. The number of hydrogen-bond acceptors (Lipinski definition) is 4. The second-order valence-corrected chi connectivity index (χ2v) is 7.41. The molecular formula is C12H21NO5S. The predicted molar refractivity (Wildman–Crippen MR) is 70.5 cm³/mol. The standard InChI is InChI=1S/C12H21NO5S/c1-9(12(15)16)19(17,18)8-11(14)13(2)10-6-4-3-5-7-10/h9-10H,3-8H2,1-2H3,(H,15,16). The molecule has 1 aliphatic rings. The molecule has 0 aromatic carbocycles. The summed E-state index contributed by atoms with van der Waals surface area (Å²) >= 11 is 0. The average Bonchev–Trinajstić information content (AvgIpc) is 2.37. The molecule has 7 heteroatoms. The Balaban J connectivity index is 2.65. The summed E-state index contributed by atoms with van der Waals surface area (Å²) in [5.41, 5.74) is 0. The molecule has 6 nitrogen and oxygen atoms in total. The molecule has 1 fully saturated rings. The van der Waals surface area contributed by atoms with Crippen LogP contribution in [0.15, 0.2) is 0 Å². The number of nitrogens with zero attached hydrogens (tertiary/aromatic N) is 1. The van der Waals surface area contributed by atoms with E-state index in [2.05, 4.69) is 0 Å². The minimum Gasteiger partial charge on any atom is -0.480 e. The molecule has 1 amide bonds. The fourth-order valence-corrected chi connectivity index (χ4v) is 3.33. The van der Waals surface area contributed by atoms with E-state index < -0.39 is 32.7 Å². The Labute approximate surface area is 113 Å². The van der Waals surface area contributed by atoms with Gasteiger partial charge < -0.3 is 10.0 Å². The van der Waals surface area contributed by atoms with E-state index >= 15 is 0 Å². The minimum absolute atomic E-state index is 0.0802. The van der Waals surface area contributed by atoms with E-state index in [0.717, 1.165) is 39.0 Å². The Morgan fingerprint density at radius 1 is 1.26 bits per heavy atom. The van der Waals surface area contributed by atoms with Crippen LogP contribution in [0.2, 0.25) is 0 Å². The highest BCUT2D eigenvalue weighted by atomic mass is 32.2. The quantitative estimate of drug-likeness (QED) is 0.803. The van der Waals surface area contributed by atoms with Gasteiger partial charge in [0.05, 0.1) is 0 Å². The third-order valence-electron chi connectivity index (χ3n) is 3.73. The van der Waals surface area contributed by atoms with E-state index in [1.165, 1.54) is 4.90 Å². The maximum Gasteiger partial charge on any atom is 0.321 e. The first-order valence-corrected chi connectivity index (χ1v) is 8.17. The van der Waals surface area contributed by atoms with Crippen LogP contribution in [0.5, 0.6) is 0 Å². The number of aliphatic carboxylic acids is 1. The van der Waals surface area contributed by atoms with Crippen LogP contribution in [0.1, 0.15) is 39.0 Å². The Morgan fingerprint density at radius 3 is 2.26 bits per heavy atom. The number of amides is 1. The van der Waals surface area contributed by atoms with Crippen LogP contribution in [-0.4, -0.2) is 54.4 Å². The summed E-state index contributed by atoms with van der Waals surface area (Å²) in [6, 6.07) is 0.0802. The van der Waals surface area contributed by atoms with E-state index in [1.807, 2.05) is 0 Å². The zero-order chi connectivity index (χ0) is 14.6. The number of carbonyl (C=O) groups is 2. The van der Waals surface area contributed by atoms with Crippen LogP contribution in [-0.2, 0) is 19.4 Å². The van der Waals surface area contributed by atoms with Crippen molar-refractivity contribution in [2.75, 3.05) is 12.8 Å². The fraction of sp³-hybridized carbons (Fsp3) is 0.833. The lowest BCUT2D eigenvalue weighted by atomic mass is 9.94. The Kier molecular flexibility index (Phi) is 5.34. The lowest BCUT2D eigenvalue weighted by molar-refractivity contribution is -0.136. The predicted octanol–water partition coefficient (Wildman–Crippen LogP) is 0.665. The van der Waals surface area contributed by atoms with Gasteiger partial charge in [-0.1, -0.05) is 19.3 Å². The third kappa shape index (κ3) is 4.19. The number of rotatable bonds is 5. The molecule has 110 valence electrons. The number of carboxylic acids is 1. The molecule has 1 N–H and O–H groups in total. The van der Waals surface area contributed by atoms with Crippen molar-refractivity contribution in [1.29, 1.82) is 0 Å². The van der Waals surface area contributed by atoms with E-state index in [4.69, 9.17) is 5.11 Å². The van der Waals surface area contributed by atoms with Crippen molar-refractivity contribution < 1.29 is 23.1 Å². The molecule has 0 radical (unpaired) electrons. The molecule has 1 saturated carbocycles. The van der Waals surface area contributed by atoms with Crippen molar-refractivity contribution in [2.24, 2.45) is 0 Å². The third-order valence-corrected chi connectivity index (χ3v) is 5.66. The van der Waals surface area contributed by atoms with Gasteiger partial charge in [0.2, 0.25) is 5.91 Å². The zero-order valence-corrected chi connectivity index (χ0v) is 12.1. The van der Waals surface area contributed by atoms with Crippen LogP contribution in [0.25, 0.3) is 0 Å². The highest BCUT2D eigenvalue weighted by molar-refractivity contribution is 7.93. The van der Waals surface area contributed by atoms with Gasteiger partial charge in [0.25, 0.3) is 0 Å². The number of hydrogen-bond donors (Lipinski definition) is 1. The molecule has 0 saturated heterocycles. The average molecular weight is 291 g/mol. The smallest absolute Gasteiger partial charge is 0.321 e. The Morgan fingerprint density at radius 2 is 1.79 bits per heavy atom. The monoisotopic (exact) mass is 291 g/mol. The van der Waals surface area contributed by atoms with E-state index in [9.17, 15) is 18.0 Å². The van der Waals surface area contributed by atoms with Gasteiger partial charge in [0, 0.05) is 13.1 Å². The summed E-state index contributed by atoms with van der Waals surface area (Å²) in [6.45, 7) is 1.09. The van der Waals surface area contributed by atoms with Gasteiger partial charge in [0.15, 0.2) is 15.1 Å². The van der Waals surface area contributed by atoms with Crippen molar-refractivity contribution in [3.8, 4) is 0 Å². The van der Waals surface area contributed by atoms with E-state index in [1.54, 1.807) is 7.05 Å². The second kappa shape index (κ2) is 6.36. The summed E-state index contributed by atoms with van der Waals surface area (Å²) in [4.78, 5) is 24.1. The van der Waals surface area contributed by atoms with Gasteiger partial charge in [-0.3, -0.25) is 9.59 Å². The SMILES string of the molecule is CC(C(=O)O)S(=O)(=O)CC(=O)N(C)C1CCCCC1. The van der Waals surface area contributed by atoms with Gasteiger partial charge in [-0.2, -0.15) is 0 Å². The van der Waals surface area contributed by atoms with Crippen molar-refractivity contribution in [3.05, 3.63) is 0 Å². The molecule has 1 atom stereocenters. The van der Waals surface area contributed by atoms with Gasteiger partial charge >= 0.3 is 5.97 Å². The van der Waals surface area contributed by atoms with Crippen molar-refractivity contribution in [1.82, 2.24) is 4.90 Å². The van der Waals surface area contributed by atoms with E-state index in [-0.39, 0.29) is 6.04 Å². The van der Waals surface area contributed by atoms with Gasteiger partial charge in [-0.05, 0) is 19.8 Å². The molecule has 0 spiro atoms. The molecule has 1 rings (SSSR count). The van der Waals surface area contributed by atoms with Gasteiger partial charge in [0.1, 0.15) is 5.75 Å². The van der Waals surface area contributed by atoms with Gasteiger partial charge in [-0.25, -0.2) is 8.42 Å². The first-order chi connectivity index (χ1) is 8.75. The van der Waals surface area contributed by atoms with E-state index in [0.29, 0.717) is 0 Å². The fourth-order valence-electron chi connectivity index (χ4n) is 2.22. The summed E-state index contributed by atoms with van der Waals surface area (Å²) in [5.74, 6) is -2.67. The highest BCUT2D eigenvalue weighted by Crippen LogP contribution is 2.22. The number of carbonyl (C=O) groups excluding carboxylic acids is 1. The summed E-state index contributed by atoms with van der Waals surface area (Å²) in [5, 5.41) is 7.17. The number of carboxylic acid groups (broad SMARTS) is 1. The molecule has 1 unspecified atom stereocenters. The minimum atomic E-state index is -3.93. The maximum atomic E-state index is 11.9. The molecular weight excluding hydrogens is 270 g/mol. The largest absolute Gasteiger partial charge is 0.480 e. The van der Waals surface area contributed by atoms with Crippen molar-refractivity contribution in [3.63, 3.8) is 0 Å². The lowest BCUT2D eigenvalue weighted by Crippen LogP contribution is -2.43. The summed E-state index contributed by atoms with van der Waals surface area (Å²) < 4.78 is 23.5. The Bertz CT molecular complexity index is 439. The summed E-state index contributed by atoms with van der Waals surface area (Å²) in [6.07, 6.45) is 5.00. The summed E-state index contributed by atoms with van der Waals surface area (Å²) in [7, 11) is -2.34. The second-order valence-electron chi connectivity index (χ2n) is 5.08. The lowest BCUT2D eigenvalue weighted by Gasteiger charge is -2.31. The molecule has 0 heterocycles. The van der Waals surface area contributed by atoms with Crippen LogP contribution in [0.3, 0.4) is 0 Å². The maximum absolute atomic E-state index is 11.9. The highest BCUT2D eigenvalue weighted by Gasteiger charge is 2.32. The van der Waals surface area contributed by atoms with Crippen LogP contribution < -0.4 is 0 Å². The zero-order valence-electron chi connectivity index (χ0n) is 11.3. The molecule has 19 heavy (non-hydrogen) atoms. The topological polar surface area (TPSA) is 91.7 Å². The molecule has 0 aromatic heterocycles. The van der Waals surface area contributed by atoms with Gasteiger partial charge in [-0.15, -0.1) is 0 Å².